The zero-order valence-corrected chi connectivity index (χ0v) is 16.5. The Bertz CT molecular complexity index is 1110. The van der Waals surface area contributed by atoms with Crippen molar-refractivity contribution in [2.45, 2.75) is 30.3 Å². The van der Waals surface area contributed by atoms with Gasteiger partial charge in [-0.05, 0) is 48.4 Å². The van der Waals surface area contributed by atoms with E-state index in [1.165, 1.54) is 28.3 Å². The van der Waals surface area contributed by atoms with Gasteiger partial charge in [-0.2, -0.15) is 9.10 Å². The fourth-order valence-electron chi connectivity index (χ4n) is 3.38. The minimum atomic E-state index is -3.86. The molecule has 29 heavy (non-hydrogen) atoms. The first-order valence-corrected chi connectivity index (χ1v) is 10.5. The van der Waals surface area contributed by atoms with E-state index in [1.807, 2.05) is 0 Å². The Morgan fingerprint density at radius 2 is 2.03 bits per heavy atom. The number of hydrogen-bond acceptors (Lipinski definition) is 7. The van der Waals surface area contributed by atoms with Crippen LogP contribution in [0.2, 0.25) is 0 Å². The quantitative estimate of drug-likeness (QED) is 0.601. The molecule has 1 fully saturated rings. The van der Waals surface area contributed by atoms with Crippen LogP contribution in [0.1, 0.15) is 12.8 Å². The Balaban J connectivity index is 1.55. The van der Waals surface area contributed by atoms with E-state index in [1.54, 1.807) is 24.5 Å². The highest BCUT2D eigenvalue weighted by atomic mass is 32.2. The molecule has 0 radical (unpaired) electrons. The lowest BCUT2D eigenvalue weighted by atomic mass is 10.2. The number of sulfonamides is 1. The van der Waals surface area contributed by atoms with E-state index in [4.69, 9.17) is 4.74 Å². The SMILES string of the molecule is COc1ccc(S(=O)(=O)N2CCCC2Cn2nnc(-c3ccncc3)n2)cc1F. The average molecular weight is 418 g/mol. The molecule has 152 valence electrons. The number of rotatable bonds is 6. The second-order valence-corrected chi connectivity index (χ2v) is 8.50. The monoisotopic (exact) mass is 418 g/mol. The molecule has 9 nitrogen and oxygen atoms in total. The maximum Gasteiger partial charge on any atom is 0.243 e. The maximum atomic E-state index is 14.0. The Morgan fingerprint density at radius 3 is 2.76 bits per heavy atom. The summed E-state index contributed by atoms with van der Waals surface area (Å²) in [5, 5.41) is 12.4. The number of aromatic nitrogens is 5. The summed E-state index contributed by atoms with van der Waals surface area (Å²) >= 11 is 0. The van der Waals surface area contributed by atoms with Crippen molar-refractivity contribution in [2.24, 2.45) is 0 Å². The summed E-state index contributed by atoms with van der Waals surface area (Å²) in [6, 6.07) is 6.84. The lowest BCUT2D eigenvalue weighted by molar-refractivity contribution is 0.323. The van der Waals surface area contributed by atoms with E-state index in [2.05, 4.69) is 20.4 Å². The molecular formula is C18H19FN6O3S. The first-order valence-electron chi connectivity index (χ1n) is 9.02. The van der Waals surface area contributed by atoms with Crippen molar-refractivity contribution in [2.75, 3.05) is 13.7 Å². The molecule has 0 amide bonds. The van der Waals surface area contributed by atoms with Crippen LogP contribution in [0.4, 0.5) is 4.39 Å². The predicted molar refractivity (Wildman–Crippen MR) is 101 cm³/mol. The molecule has 0 spiro atoms. The number of tetrazole rings is 1. The van der Waals surface area contributed by atoms with Crippen molar-refractivity contribution in [1.82, 2.24) is 29.5 Å². The van der Waals surface area contributed by atoms with Gasteiger partial charge in [0.2, 0.25) is 15.8 Å². The summed E-state index contributed by atoms with van der Waals surface area (Å²) in [5.41, 5.74) is 0.774. The average Bonchev–Trinajstić information content (AvgIpc) is 3.39. The van der Waals surface area contributed by atoms with Gasteiger partial charge in [-0.3, -0.25) is 4.98 Å². The van der Waals surface area contributed by atoms with Crippen LogP contribution in [0.3, 0.4) is 0 Å². The van der Waals surface area contributed by atoms with Crippen LogP contribution in [-0.4, -0.2) is 57.6 Å². The third kappa shape index (κ3) is 3.83. The predicted octanol–water partition coefficient (Wildman–Crippen LogP) is 1.74. The van der Waals surface area contributed by atoms with Crippen LogP contribution in [0.15, 0.2) is 47.6 Å². The van der Waals surface area contributed by atoms with E-state index < -0.39 is 15.8 Å². The summed E-state index contributed by atoms with van der Waals surface area (Å²) in [5.74, 6) is -0.279. The molecule has 3 aromatic rings. The molecule has 0 saturated carbocycles. The van der Waals surface area contributed by atoms with Crippen LogP contribution in [0, 0.1) is 5.82 Å². The molecule has 1 atom stereocenters. The number of methoxy groups -OCH3 is 1. The molecule has 0 aliphatic carbocycles. The van der Waals surface area contributed by atoms with E-state index in [0.717, 1.165) is 11.6 Å². The van der Waals surface area contributed by atoms with Crippen LogP contribution in [0.5, 0.6) is 5.75 Å². The van der Waals surface area contributed by atoms with Crippen molar-refractivity contribution in [1.29, 1.82) is 0 Å². The lowest BCUT2D eigenvalue weighted by Crippen LogP contribution is -2.38. The van der Waals surface area contributed by atoms with Gasteiger partial charge in [-0.25, -0.2) is 12.8 Å². The highest BCUT2D eigenvalue weighted by Gasteiger charge is 2.36. The number of pyridine rings is 1. The fourth-order valence-corrected chi connectivity index (χ4v) is 5.07. The van der Waals surface area contributed by atoms with E-state index in [0.29, 0.717) is 25.2 Å². The molecule has 0 bridgehead atoms. The Kier molecular flexibility index (Phi) is 5.24. The topological polar surface area (TPSA) is 103 Å². The summed E-state index contributed by atoms with van der Waals surface area (Å²) in [6.45, 7) is 0.614. The van der Waals surface area contributed by atoms with E-state index in [-0.39, 0.29) is 23.2 Å². The second-order valence-electron chi connectivity index (χ2n) is 6.61. The first-order chi connectivity index (χ1) is 14.0. The Hall–Kier alpha value is -2.92. The zero-order valence-electron chi connectivity index (χ0n) is 15.6. The molecule has 1 unspecified atom stereocenters. The molecule has 1 aromatic carbocycles. The van der Waals surface area contributed by atoms with Crippen molar-refractivity contribution in [3.05, 3.63) is 48.5 Å². The number of nitrogens with zero attached hydrogens (tertiary/aromatic N) is 6. The zero-order chi connectivity index (χ0) is 20.4. The van der Waals surface area contributed by atoms with Crippen LogP contribution in [0.25, 0.3) is 11.4 Å². The number of hydrogen-bond donors (Lipinski definition) is 0. The fraction of sp³-hybridized carbons (Fsp3) is 0.333. The maximum absolute atomic E-state index is 14.0. The molecular weight excluding hydrogens is 399 g/mol. The largest absolute Gasteiger partial charge is 0.494 e. The Morgan fingerprint density at radius 1 is 1.24 bits per heavy atom. The highest BCUT2D eigenvalue weighted by Crippen LogP contribution is 2.29. The van der Waals surface area contributed by atoms with Gasteiger partial charge in [-0.15, -0.1) is 10.2 Å². The normalized spacial score (nSPS) is 17.5. The minimum Gasteiger partial charge on any atom is -0.494 e. The van der Waals surface area contributed by atoms with Gasteiger partial charge >= 0.3 is 0 Å². The summed E-state index contributed by atoms with van der Waals surface area (Å²) in [6.07, 6.45) is 4.63. The third-order valence-corrected chi connectivity index (χ3v) is 6.77. The molecule has 3 heterocycles. The number of ether oxygens (including phenoxy) is 1. The van der Waals surface area contributed by atoms with Gasteiger partial charge in [0.05, 0.1) is 18.6 Å². The van der Waals surface area contributed by atoms with Crippen LogP contribution < -0.4 is 4.74 Å². The molecule has 1 aliphatic heterocycles. The molecule has 4 rings (SSSR count). The number of halogens is 1. The van der Waals surface area contributed by atoms with Gasteiger partial charge < -0.3 is 4.74 Å². The smallest absolute Gasteiger partial charge is 0.243 e. The van der Waals surface area contributed by atoms with Gasteiger partial charge in [0.1, 0.15) is 0 Å². The molecule has 1 aliphatic rings. The summed E-state index contributed by atoms with van der Waals surface area (Å²) in [4.78, 5) is 5.24. The molecule has 2 aromatic heterocycles. The number of benzene rings is 1. The first kappa shape index (κ1) is 19.4. The van der Waals surface area contributed by atoms with Crippen molar-refractivity contribution < 1.29 is 17.5 Å². The van der Waals surface area contributed by atoms with Gasteiger partial charge in [0, 0.05) is 30.5 Å². The standard InChI is InChI=1S/C18H19FN6O3S/c1-28-17-5-4-15(11-16(17)19)29(26,27)24-10-2-3-14(24)12-25-22-18(21-23-25)13-6-8-20-9-7-13/h4-9,11,14H,2-3,10,12H2,1H3. The van der Waals surface area contributed by atoms with E-state index in [9.17, 15) is 12.8 Å². The summed E-state index contributed by atoms with van der Waals surface area (Å²) < 4.78 is 46.4. The second kappa shape index (κ2) is 7.84. The Labute approximate surface area is 167 Å². The minimum absolute atomic E-state index is 0.00243. The molecule has 0 N–H and O–H groups in total. The van der Waals surface area contributed by atoms with Crippen LogP contribution in [-0.2, 0) is 16.6 Å². The lowest BCUT2D eigenvalue weighted by Gasteiger charge is -2.23. The molecule has 11 heteroatoms. The van der Waals surface area contributed by atoms with Crippen molar-refractivity contribution >= 4 is 10.0 Å². The van der Waals surface area contributed by atoms with Gasteiger partial charge in [0.15, 0.2) is 11.6 Å². The van der Waals surface area contributed by atoms with Crippen molar-refractivity contribution in [3.63, 3.8) is 0 Å². The molecule has 1 saturated heterocycles. The third-order valence-electron chi connectivity index (χ3n) is 4.82. The van der Waals surface area contributed by atoms with Crippen LogP contribution >= 0.6 is 0 Å². The van der Waals surface area contributed by atoms with Gasteiger partial charge in [-0.1, -0.05) is 0 Å². The van der Waals surface area contributed by atoms with E-state index >= 15 is 0 Å². The highest BCUT2D eigenvalue weighted by molar-refractivity contribution is 7.89. The van der Waals surface area contributed by atoms with Crippen molar-refractivity contribution in [3.8, 4) is 17.1 Å². The summed E-state index contributed by atoms with van der Waals surface area (Å²) in [7, 11) is -2.53. The van der Waals surface area contributed by atoms with Gasteiger partial charge in [0.25, 0.3) is 0 Å².